The highest BCUT2D eigenvalue weighted by molar-refractivity contribution is 7.98. The summed E-state index contributed by atoms with van der Waals surface area (Å²) in [5.41, 5.74) is 3.56. The molecule has 0 saturated heterocycles. The number of hydrogen-bond donors (Lipinski definition) is 0. The second kappa shape index (κ2) is 7.53. The van der Waals surface area contributed by atoms with Crippen molar-refractivity contribution >= 4 is 17.4 Å². The maximum Gasteiger partial charge on any atom is 0.287 e. The maximum absolute atomic E-state index is 12.8. The van der Waals surface area contributed by atoms with E-state index in [1.165, 1.54) is 23.9 Å². The monoisotopic (exact) mass is 367 g/mol. The molecule has 0 spiro atoms. The summed E-state index contributed by atoms with van der Waals surface area (Å²) in [5.74, 6) is 0.431. The molecule has 0 N–H and O–H groups in total. The topological polar surface area (TPSA) is 78.0 Å². The van der Waals surface area contributed by atoms with Crippen LogP contribution in [0, 0.1) is 24.0 Å². The molecule has 0 radical (unpaired) electrons. The first-order valence-corrected chi connectivity index (χ1v) is 8.95. The van der Waals surface area contributed by atoms with Gasteiger partial charge in [0, 0.05) is 36.0 Å². The largest absolute Gasteiger partial charge is 0.287 e. The molecule has 0 unspecified atom stereocenters. The van der Waals surface area contributed by atoms with Crippen molar-refractivity contribution in [3.63, 3.8) is 0 Å². The molecule has 0 aliphatic rings. The van der Waals surface area contributed by atoms with Gasteiger partial charge in [0.1, 0.15) is 0 Å². The standard InChI is InChI=1S/C19H17N3O3S/c1-13-8-14(2)10-17(9-13)21-7-6-20-18(19(21)23)26-12-15-4-3-5-16(11-15)22(24)25/h3-11H,12H2,1-2H3. The Morgan fingerprint density at radius 1 is 1.15 bits per heavy atom. The molecule has 7 heteroatoms. The third kappa shape index (κ3) is 4.00. The molecule has 2 aromatic carbocycles. The smallest absolute Gasteiger partial charge is 0.280 e. The molecule has 0 fully saturated rings. The van der Waals surface area contributed by atoms with Gasteiger partial charge >= 0.3 is 0 Å². The molecule has 1 heterocycles. The molecule has 0 bridgehead atoms. The molecular formula is C19H17N3O3S. The van der Waals surface area contributed by atoms with Gasteiger partial charge in [-0.15, -0.1) is 0 Å². The molecule has 3 rings (SSSR count). The second-order valence-corrected chi connectivity index (χ2v) is 6.93. The predicted molar refractivity (Wildman–Crippen MR) is 102 cm³/mol. The third-order valence-corrected chi connectivity index (χ3v) is 4.82. The van der Waals surface area contributed by atoms with Crippen LogP contribution < -0.4 is 5.56 Å². The Bertz CT molecular complexity index is 1010. The maximum atomic E-state index is 12.8. The predicted octanol–water partition coefficient (Wildman–Crippen LogP) is 4.05. The molecule has 26 heavy (non-hydrogen) atoms. The average Bonchev–Trinajstić information content (AvgIpc) is 2.60. The minimum Gasteiger partial charge on any atom is -0.280 e. The van der Waals surface area contributed by atoms with Crippen molar-refractivity contribution in [2.24, 2.45) is 0 Å². The van der Waals surface area contributed by atoms with E-state index < -0.39 is 4.92 Å². The van der Waals surface area contributed by atoms with Crippen LogP contribution in [0.15, 0.2) is 64.7 Å². The van der Waals surface area contributed by atoms with Crippen LogP contribution in [0.2, 0.25) is 0 Å². The molecule has 6 nitrogen and oxygen atoms in total. The van der Waals surface area contributed by atoms with Crippen LogP contribution in [0.25, 0.3) is 5.69 Å². The van der Waals surface area contributed by atoms with Crippen molar-refractivity contribution in [3.05, 3.63) is 92.0 Å². The van der Waals surface area contributed by atoms with E-state index in [4.69, 9.17) is 0 Å². The summed E-state index contributed by atoms with van der Waals surface area (Å²) < 4.78 is 1.57. The second-order valence-electron chi connectivity index (χ2n) is 5.97. The Kier molecular flexibility index (Phi) is 5.18. The number of thioether (sulfide) groups is 1. The van der Waals surface area contributed by atoms with Gasteiger partial charge in [0.25, 0.3) is 11.2 Å². The minimum atomic E-state index is -0.429. The van der Waals surface area contributed by atoms with E-state index in [0.29, 0.717) is 10.8 Å². The zero-order valence-electron chi connectivity index (χ0n) is 14.4. The number of aryl methyl sites for hydroxylation is 2. The number of aromatic nitrogens is 2. The number of nitro benzene ring substituents is 1. The van der Waals surface area contributed by atoms with Crippen LogP contribution in [-0.4, -0.2) is 14.5 Å². The van der Waals surface area contributed by atoms with Gasteiger partial charge in [-0.2, -0.15) is 0 Å². The van der Waals surface area contributed by atoms with Gasteiger partial charge in [-0.3, -0.25) is 19.5 Å². The third-order valence-electron chi connectivity index (χ3n) is 3.79. The lowest BCUT2D eigenvalue weighted by Gasteiger charge is -2.09. The van der Waals surface area contributed by atoms with Crippen LogP contribution in [-0.2, 0) is 5.75 Å². The summed E-state index contributed by atoms with van der Waals surface area (Å²) in [6.45, 7) is 3.97. The van der Waals surface area contributed by atoms with Crippen molar-refractivity contribution in [2.45, 2.75) is 24.6 Å². The van der Waals surface area contributed by atoms with Gasteiger partial charge in [0.2, 0.25) is 0 Å². The molecule has 0 amide bonds. The normalized spacial score (nSPS) is 10.7. The number of nitro groups is 1. The SMILES string of the molecule is Cc1cc(C)cc(-n2ccnc(SCc3cccc([N+](=O)[O-])c3)c2=O)c1. The van der Waals surface area contributed by atoms with Crippen molar-refractivity contribution in [1.82, 2.24) is 9.55 Å². The van der Waals surface area contributed by atoms with E-state index in [2.05, 4.69) is 4.98 Å². The molecule has 1 aromatic heterocycles. The summed E-state index contributed by atoms with van der Waals surface area (Å²) in [6.07, 6.45) is 3.24. The molecule has 3 aromatic rings. The van der Waals surface area contributed by atoms with Gasteiger partial charge in [-0.05, 0) is 42.7 Å². The van der Waals surface area contributed by atoms with Crippen LogP contribution in [0.5, 0.6) is 0 Å². The lowest BCUT2D eigenvalue weighted by atomic mass is 10.1. The fraction of sp³-hybridized carbons (Fsp3) is 0.158. The Morgan fingerprint density at radius 2 is 1.88 bits per heavy atom. The fourth-order valence-electron chi connectivity index (χ4n) is 2.70. The number of hydrogen-bond acceptors (Lipinski definition) is 5. The number of nitrogens with zero attached hydrogens (tertiary/aromatic N) is 3. The lowest BCUT2D eigenvalue weighted by molar-refractivity contribution is -0.384. The van der Waals surface area contributed by atoms with E-state index >= 15 is 0 Å². The zero-order valence-corrected chi connectivity index (χ0v) is 15.2. The van der Waals surface area contributed by atoms with Gasteiger partial charge < -0.3 is 0 Å². The Hall–Kier alpha value is -2.93. The quantitative estimate of drug-likeness (QED) is 0.386. The van der Waals surface area contributed by atoms with E-state index in [0.717, 1.165) is 22.4 Å². The molecular weight excluding hydrogens is 350 g/mol. The van der Waals surface area contributed by atoms with Gasteiger partial charge in [0.15, 0.2) is 5.03 Å². The zero-order chi connectivity index (χ0) is 18.7. The summed E-state index contributed by atoms with van der Waals surface area (Å²) in [6, 6.07) is 12.3. The van der Waals surface area contributed by atoms with E-state index in [-0.39, 0.29) is 11.2 Å². The van der Waals surface area contributed by atoms with Gasteiger partial charge in [-0.25, -0.2) is 4.98 Å². The summed E-state index contributed by atoms with van der Waals surface area (Å²) in [7, 11) is 0. The van der Waals surface area contributed by atoms with Crippen molar-refractivity contribution in [3.8, 4) is 5.69 Å². The van der Waals surface area contributed by atoms with Crippen LogP contribution >= 0.6 is 11.8 Å². The Balaban J connectivity index is 1.87. The first kappa shape index (κ1) is 17.9. The van der Waals surface area contributed by atoms with Gasteiger partial charge in [-0.1, -0.05) is 30.0 Å². The van der Waals surface area contributed by atoms with Crippen molar-refractivity contribution in [1.29, 1.82) is 0 Å². The first-order valence-electron chi connectivity index (χ1n) is 7.96. The van der Waals surface area contributed by atoms with Crippen LogP contribution in [0.4, 0.5) is 5.69 Å². The van der Waals surface area contributed by atoms with Crippen LogP contribution in [0.1, 0.15) is 16.7 Å². The van der Waals surface area contributed by atoms with E-state index in [1.807, 2.05) is 32.0 Å². The van der Waals surface area contributed by atoms with Crippen LogP contribution in [0.3, 0.4) is 0 Å². The molecule has 0 aliphatic heterocycles. The summed E-state index contributed by atoms with van der Waals surface area (Å²) >= 11 is 1.27. The highest BCUT2D eigenvalue weighted by atomic mass is 32.2. The molecule has 132 valence electrons. The van der Waals surface area contributed by atoms with Crippen molar-refractivity contribution < 1.29 is 4.92 Å². The first-order chi connectivity index (χ1) is 12.4. The highest BCUT2D eigenvalue weighted by Gasteiger charge is 2.10. The summed E-state index contributed by atoms with van der Waals surface area (Å²) in [5, 5.41) is 11.2. The number of non-ortho nitro benzene ring substituents is 1. The molecule has 0 aliphatic carbocycles. The van der Waals surface area contributed by atoms with E-state index in [1.54, 1.807) is 29.1 Å². The highest BCUT2D eigenvalue weighted by Crippen LogP contribution is 2.21. The van der Waals surface area contributed by atoms with E-state index in [9.17, 15) is 14.9 Å². The summed E-state index contributed by atoms with van der Waals surface area (Å²) in [4.78, 5) is 27.4. The molecule has 0 saturated carbocycles. The molecule has 0 atom stereocenters. The van der Waals surface area contributed by atoms with Crippen molar-refractivity contribution in [2.75, 3.05) is 0 Å². The minimum absolute atomic E-state index is 0.0387. The average molecular weight is 367 g/mol. The fourth-order valence-corrected chi connectivity index (χ4v) is 3.54. The van der Waals surface area contributed by atoms with Gasteiger partial charge in [0.05, 0.1) is 4.92 Å². The Labute approximate surface area is 154 Å². The lowest BCUT2D eigenvalue weighted by Crippen LogP contribution is -2.20. The number of benzene rings is 2. The Morgan fingerprint density at radius 3 is 2.58 bits per heavy atom. The number of rotatable bonds is 5.